The number of fused-ring (bicyclic) bond motifs is 1. The number of pyridine rings is 1. The number of amides is 1. The molecule has 0 unspecified atom stereocenters. The third-order valence-corrected chi connectivity index (χ3v) is 4.75. The summed E-state index contributed by atoms with van der Waals surface area (Å²) < 4.78 is 7.04. The summed E-state index contributed by atoms with van der Waals surface area (Å²) in [4.78, 5) is 35.2. The zero-order chi connectivity index (χ0) is 20.4. The number of aromatic nitrogens is 3. The van der Waals surface area contributed by atoms with Gasteiger partial charge < -0.3 is 15.0 Å². The predicted molar refractivity (Wildman–Crippen MR) is 109 cm³/mol. The monoisotopic (exact) mass is 381 g/mol. The molecule has 0 aliphatic heterocycles. The second-order valence-electron chi connectivity index (χ2n) is 6.39. The Morgan fingerprint density at radius 1 is 1.21 bits per heavy atom. The van der Waals surface area contributed by atoms with E-state index in [0.29, 0.717) is 22.7 Å². The first kappa shape index (κ1) is 19.3. The number of rotatable bonds is 5. The lowest BCUT2D eigenvalue weighted by Gasteiger charge is -2.21. The third kappa shape index (κ3) is 3.28. The van der Waals surface area contributed by atoms with Crippen LogP contribution >= 0.6 is 0 Å². The SMILES string of the molecule is CNc1nc2ccc(N(C)C(C)=O)nc2n([C@@H](C)c2ccccc2OC)c1=O. The fourth-order valence-electron chi connectivity index (χ4n) is 3.10. The zero-order valence-corrected chi connectivity index (χ0v) is 16.6. The van der Waals surface area contributed by atoms with Crippen LogP contribution < -0.4 is 20.5 Å². The maximum absolute atomic E-state index is 13.1. The van der Waals surface area contributed by atoms with Gasteiger partial charge in [0.05, 0.1) is 13.2 Å². The molecule has 3 aromatic rings. The van der Waals surface area contributed by atoms with Gasteiger partial charge in [-0.15, -0.1) is 0 Å². The van der Waals surface area contributed by atoms with Gasteiger partial charge in [0.1, 0.15) is 17.1 Å². The first-order chi connectivity index (χ1) is 13.4. The fraction of sp³-hybridized carbons (Fsp3) is 0.300. The van der Waals surface area contributed by atoms with Crippen molar-refractivity contribution in [3.63, 3.8) is 0 Å². The highest BCUT2D eigenvalue weighted by molar-refractivity contribution is 5.91. The van der Waals surface area contributed by atoms with E-state index >= 15 is 0 Å². The molecule has 0 spiro atoms. The molecular weight excluding hydrogens is 358 g/mol. The molecule has 1 N–H and O–H groups in total. The van der Waals surface area contributed by atoms with Gasteiger partial charge in [0.15, 0.2) is 11.5 Å². The van der Waals surface area contributed by atoms with Crippen molar-refractivity contribution < 1.29 is 9.53 Å². The van der Waals surface area contributed by atoms with Gasteiger partial charge in [0.25, 0.3) is 5.56 Å². The molecular formula is C20H23N5O3. The van der Waals surface area contributed by atoms with Gasteiger partial charge in [0, 0.05) is 26.6 Å². The fourth-order valence-corrected chi connectivity index (χ4v) is 3.10. The molecule has 28 heavy (non-hydrogen) atoms. The summed E-state index contributed by atoms with van der Waals surface area (Å²) in [5, 5.41) is 2.85. The van der Waals surface area contributed by atoms with E-state index in [2.05, 4.69) is 15.3 Å². The number of para-hydroxylation sites is 1. The molecule has 3 rings (SSSR count). The Hall–Kier alpha value is -3.42. The highest BCUT2D eigenvalue weighted by Crippen LogP contribution is 2.29. The number of nitrogens with zero attached hydrogens (tertiary/aromatic N) is 4. The molecule has 0 radical (unpaired) electrons. The Balaban J connectivity index is 2.32. The van der Waals surface area contributed by atoms with Gasteiger partial charge in [-0.2, -0.15) is 0 Å². The first-order valence-corrected chi connectivity index (χ1v) is 8.87. The molecule has 1 aromatic carbocycles. The number of carbonyl (C=O) groups excluding carboxylic acids is 1. The number of carbonyl (C=O) groups is 1. The number of benzene rings is 1. The molecule has 1 atom stereocenters. The normalized spacial score (nSPS) is 11.9. The average Bonchev–Trinajstić information content (AvgIpc) is 2.71. The van der Waals surface area contributed by atoms with Crippen LogP contribution in [0, 0.1) is 0 Å². The molecule has 0 aliphatic carbocycles. The Kier molecular flexibility index (Phi) is 5.30. The van der Waals surface area contributed by atoms with Crippen LogP contribution in [0.15, 0.2) is 41.2 Å². The third-order valence-electron chi connectivity index (χ3n) is 4.75. The predicted octanol–water partition coefficient (Wildman–Crippen LogP) is 2.43. The molecule has 0 saturated heterocycles. The van der Waals surface area contributed by atoms with Crippen LogP contribution in [-0.2, 0) is 4.79 Å². The minimum atomic E-state index is -0.369. The summed E-state index contributed by atoms with van der Waals surface area (Å²) in [6.45, 7) is 3.36. The largest absolute Gasteiger partial charge is 0.496 e. The van der Waals surface area contributed by atoms with Crippen molar-refractivity contribution >= 4 is 28.7 Å². The summed E-state index contributed by atoms with van der Waals surface area (Å²) in [5.74, 6) is 1.19. The molecule has 0 bridgehead atoms. The average molecular weight is 381 g/mol. The van der Waals surface area contributed by atoms with Gasteiger partial charge in [0.2, 0.25) is 5.91 Å². The number of anilines is 2. The summed E-state index contributed by atoms with van der Waals surface area (Å²) in [7, 11) is 4.88. The highest BCUT2D eigenvalue weighted by Gasteiger charge is 2.21. The minimum absolute atomic E-state index is 0.154. The van der Waals surface area contributed by atoms with Crippen LogP contribution in [0.4, 0.5) is 11.6 Å². The summed E-state index contributed by atoms with van der Waals surface area (Å²) >= 11 is 0. The van der Waals surface area contributed by atoms with Gasteiger partial charge >= 0.3 is 0 Å². The van der Waals surface area contributed by atoms with Crippen LogP contribution in [0.25, 0.3) is 11.2 Å². The van der Waals surface area contributed by atoms with E-state index in [0.717, 1.165) is 5.56 Å². The summed E-state index contributed by atoms with van der Waals surface area (Å²) in [5.41, 5.74) is 1.48. The Bertz CT molecular complexity index is 1090. The second-order valence-corrected chi connectivity index (χ2v) is 6.39. The van der Waals surface area contributed by atoms with Crippen molar-refractivity contribution in [1.29, 1.82) is 0 Å². The van der Waals surface area contributed by atoms with E-state index in [4.69, 9.17) is 4.74 Å². The van der Waals surface area contributed by atoms with Crippen molar-refractivity contribution in [3.8, 4) is 5.75 Å². The van der Waals surface area contributed by atoms with Crippen molar-refractivity contribution in [3.05, 3.63) is 52.3 Å². The van der Waals surface area contributed by atoms with Crippen LogP contribution in [0.1, 0.15) is 25.5 Å². The lowest BCUT2D eigenvalue weighted by atomic mass is 10.1. The molecule has 0 fully saturated rings. The molecule has 8 nitrogen and oxygen atoms in total. The van der Waals surface area contributed by atoms with Gasteiger partial charge in [-0.3, -0.25) is 14.2 Å². The summed E-state index contributed by atoms with van der Waals surface area (Å²) in [6.07, 6.45) is 0. The number of hydrogen-bond acceptors (Lipinski definition) is 6. The molecule has 0 saturated carbocycles. The molecule has 2 aromatic heterocycles. The quantitative estimate of drug-likeness (QED) is 0.730. The maximum atomic E-state index is 13.1. The van der Waals surface area contributed by atoms with Crippen LogP contribution in [0.5, 0.6) is 5.75 Å². The Morgan fingerprint density at radius 3 is 2.57 bits per heavy atom. The highest BCUT2D eigenvalue weighted by atomic mass is 16.5. The Morgan fingerprint density at radius 2 is 1.93 bits per heavy atom. The van der Waals surface area contributed by atoms with Crippen LogP contribution in [0.3, 0.4) is 0 Å². The standard InChI is InChI=1S/C20H23N5O3/c1-12(14-8-6-7-9-16(14)28-5)25-19-15(22-18(21-3)20(25)27)10-11-17(23-19)24(4)13(2)26/h6-12H,1-5H3,(H,21,22)/t12-/m0/s1. The number of methoxy groups -OCH3 is 1. The number of ether oxygens (including phenoxy) is 1. The molecule has 0 aliphatic rings. The van der Waals surface area contributed by atoms with Gasteiger partial charge in [-0.25, -0.2) is 9.97 Å². The minimum Gasteiger partial charge on any atom is -0.496 e. The smallest absolute Gasteiger partial charge is 0.295 e. The summed E-state index contributed by atoms with van der Waals surface area (Å²) in [6, 6.07) is 10.6. The van der Waals surface area contributed by atoms with Gasteiger partial charge in [-0.05, 0) is 25.1 Å². The molecule has 146 valence electrons. The first-order valence-electron chi connectivity index (χ1n) is 8.87. The van der Waals surface area contributed by atoms with Gasteiger partial charge in [-0.1, -0.05) is 18.2 Å². The maximum Gasteiger partial charge on any atom is 0.295 e. The molecule has 1 amide bonds. The van der Waals surface area contributed by atoms with E-state index in [-0.39, 0.29) is 23.3 Å². The van der Waals surface area contributed by atoms with E-state index < -0.39 is 0 Å². The second kappa shape index (κ2) is 7.67. The lowest BCUT2D eigenvalue weighted by Crippen LogP contribution is -2.29. The molecule has 2 heterocycles. The topological polar surface area (TPSA) is 89.3 Å². The van der Waals surface area contributed by atoms with Crippen molar-refractivity contribution in [2.75, 3.05) is 31.4 Å². The number of hydrogen-bond donors (Lipinski definition) is 1. The van der Waals surface area contributed by atoms with E-state index in [1.54, 1.807) is 37.9 Å². The van der Waals surface area contributed by atoms with Crippen LogP contribution in [-0.4, -0.2) is 41.6 Å². The van der Waals surface area contributed by atoms with Crippen molar-refractivity contribution in [2.24, 2.45) is 0 Å². The van der Waals surface area contributed by atoms with Crippen molar-refractivity contribution in [2.45, 2.75) is 19.9 Å². The number of nitrogens with one attached hydrogen (secondary N) is 1. The lowest BCUT2D eigenvalue weighted by molar-refractivity contribution is -0.116. The van der Waals surface area contributed by atoms with E-state index in [1.807, 2.05) is 31.2 Å². The molecule has 8 heteroatoms. The van der Waals surface area contributed by atoms with Crippen molar-refractivity contribution in [1.82, 2.24) is 14.5 Å². The Labute approximate surface area is 162 Å². The van der Waals surface area contributed by atoms with E-state index in [1.165, 1.54) is 11.8 Å². The van der Waals surface area contributed by atoms with Crippen LogP contribution in [0.2, 0.25) is 0 Å². The van der Waals surface area contributed by atoms with E-state index in [9.17, 15) is 9.59 Å². The zero-order valence-electron chi connectivity index (χ0n) is 16.6.